The van der Waals surface area contributed by atoms with Crippen LogP contribution in [0, 0.1) is 0 Å². The highest BCUT2D eigenvalue weighted by atomic mass is 19.4. The minimum Gasteiger partial charge on any atom is -0.504 e. The molecule has 0 radical (unpaired) electrons. The largest absolute Gasteiger partial charge is 0.504 e. The molecule has 0 amide bonds. The molecule has 3 aromatic heterocycles. The maximum Gasteiger partial charge on any atom is 0.416 e. The summed E-state index contributed by atoms with van der Waals surface area (Å²) in [5.41, 5.74) is 0.887. The minimum absolute atomic E-state index is 0.0729. The van der Waals surface area contributed by atoms with Gasteiger partial charge < -0.3 is 19.7 Å². The second-order valence-electron chi connectivity index (χ2n) is 13.3. The lowest BCUT2D eigenvalue weighted by atomic mass is 9.99. The molecule has 0 aliphatic heterocycles. The average molecular weight is 809 g/mol. The van der Waals surface area contributed by atoms with E-state index in [9.17, 15) is 33.0 Å². The smallest absolute Gasteiger partial charge is 0.416 e. The molecule has 0 aliphatic carbocycles. The molecular weight excluding hydrogens is 778 g/mol. The Labute approximate surface area is 338 Å². The van der Waals surface area contributed by atoms with Crippen molar-refractivity contribution in [2.75, 3.05) is 14.2 Å². The van der Waals surface area contributed by atoms with Crippen molar-refractivity contribution in [3.63, 3.8) is 0 Å². The lowest BCUT2D eigenvalue weighted by Gasteiger charge is -2.14. The number of phenols is 2. The van der Waals surface area contributed by atoms with Gasteiger partial charge >= 0.3 is 6.18 Å². The Hall–Kier alpha value is -8.07. The molecule has 298 valence electrons. The zero-order valence-corrected chi connectivity index (χ0v) is 31.6. The molecule has 0 aliphatic rings. The Balaban J connectivity index is 1.26. The minimum atomic E-state index is -4.60. The summed E-state index contributed by atoms with van der Waals surface area (Å²) in [6.45, 7) is 0. The van der Waals surface area contributed by atoms with Crippen molar-refractivity contribution in [3.8, 4) is 45.5 Å². The Morgan fingerprint density at radius 2 is 1.28 bits per heavy atom. The van der Waals surface area contributed by atoms with Gasteiger partial charge in [0.2, 0.25) is 0 Å². The number of halogens is 3. The number of ether oxygens (including phenoxy) is 2. The van der Waals surface area contributed by atoms with Gasteiger partial charge in [-0.25, -0.2) is 19.9 Å². The van der Waals surface area contributed by atoms with Crippen LogP contribution in [-0.2, 0) is 6.18 Å². The third kappa shape index (κ3) is 7.30. The molecule has 0 fully saturated rings. The standard InChI is InChI=1S/C45H31F3N6O6/c1-59-36-10-6-7-26(40(36)55)12-19-38-51-35-18-11-27(22-33(35)43(57)54(38)32-16-14-30(15-17-32)45(46,47)48)29-21-28(41(56)37(23-29)60-2)13-20-39-52-42-34(24-49-25-50-42)44(58)53(39)31-8-4-3-5-9-31/h3-25,55-56H,1-2H3/b19-12+,20-13+. The molecule has 0 saturated carbocycles. The van der Waals surface area contributed by atoms with E-state index in [1.807, 2.05) is 6.07 Å². The number of methoxy groups -OCH3 is 2. The van der Waals surface area contributed by atoms with Gasteiger partial charge in [-0.15, -0.1) is 0 Å². The molecule has 0 unspecified atom stereocenters. The summed E-state index contributed by atoms with van der Waals surface area (Å²) in [4.78, 5) is 45.6. The van der Waals surface area contributed by atoms with Gasteiger partial charge in [-0.2, -0.15) is 13.2 Å². The number of rotatable bonds is 9. The van der Waals surface area contributed by atoms with Crippen LogP contribution >= 0.6 is 0 Å². The van der Waals surface area contributed by atoms with Crippen LogP contribution in [0.1, 0.15) is 28.3 Å². The van der Waals surface area contributed by atoms with Gasteiger partial charge in [0.05, 0.1) is 42.1 Å². The van der Waals surface area contributed by atoms with Crippen LogP contribution < -0.4 is 20.6 Å². The lowest BCUT2D eigenvalue weighted by Crippen LogP contribution is -2.22. The summed E-state index contributed by atoms with van der Waals surface area (Å²) in [7, 11) is 2.79. The number of hydrogen-bond acceptors (Lipinski definition) is 10. The van der Waals surface area contributed by atoms with Crippen molar-refractivity contribution in [1.29, 1.82) is 0 Å². The molecule has 5 aromatic carbocycles. The SMILES string of the molecule is COc1cccc(/C=C/c2nc3ccc(-c4cc(/C=C/c5nc6ncncc6c(=O)n5-c5ccccc5)c(O)c(OC)c4)cc3c(=O)n2-c2ccc(C(F)(F)F)cc2)c1O. The number of alkyl halides is 3. The predicted octanol–water partition coefficient (Wildman–Crippen LogP) is 8.33. The van der Waals surface area contributed by atoms with Gasteiger partial charge in [0.25, 0.3) is 11.1 Å². The first-order chi connectivity index (χ1) is 28.9. The van der Waals surface area contributed by atoms with Crippen LogP contribution in [0.5, 0.6) is 23.0 Å². The molecule has 60 heavy (non-hydrogen) atoms. The summed E-state index contributed by atoms with van der Waals surface area (Å²) in [6.07, 6.45) is 4.19. The summed E-state index contributed by atoms with van der Waals surface area (Å²) < 4.78 is 53.9. The number of aromatic hydroxyl groups is 2. The first kappa shape index (κ1) is 38.8. The molecule has 0 spiro atoms. The van der Waals surface area contributed by atoms with Crippen LogP contribution in [0.4, 0.5) is 13.2 Å². The van der Waals surface area contributed by atoms with Crippen molar-refractivity contribution in [2.45, 2.75) is 6.18 Å². The fourth-order valence-corrected chi connectivity index (χ4v) is 6.67. The van der Waals surface area contributed by atoms with Crippen molar-refractivity contribution in [3.05, 3.63) is 165 Å². The number of hydrogen-bond donors (Lipinski definition) is 2. The van der Waals surface area contributed by atoms with Gasteiger partial charge in [-0.05, 0) is 102 Å². The Kier molecular flexibility index (Phi) is 10.1. The van der Waals surface area contributed by atoms with Crippen LogP contribution in [0.25, 0.3) is 68.7 Å². The zero-order chi connectivity index (χ0) is 42.1. The first-order valence-electron chi connectivity index (χ1n) is 18.1. The Bertz CT molecular complexity index is 3130. The van der Waals surface area contributed by atoms with E-state index < -0.39 is 22.9 Å². The molecule has 12 nitrogen and oxygen atoms in total. The number of nitrogens with zero attached hydrogens (tertiary/aromatic N) is 6. The van der Waals surface area contributed by atoms with E-state index in [4.69, 9.17) is 14.5 Å². The van der Waals surface area contributed by atoms with Crippen molar-refractivity contribution < 1.29 is 32.9 Å². The fourth-order valence-electron chi connectivity index (χ4n) is 6.67. The second kappa shape index (κ2) is 15.7. The van der Waals surface area contributed by atoms with E-state index in [-0.39, 0.29) is 67.8 Å². The van der Waals surface area contributed by atoms with E-state index in [0.717, 1.165) is 12.1 Å². The number of phenolic OH excluding ortho intramolecular Hbond substituents is 2. The summed E-state index contributed by atoms with van der Waals surface area (Å²) in [6, 6.07) is 26.0. The molecule has 0 atom stereocenters. The van der Waals surface area contributed by atoms with Gasteiger partial charge in [-0.1, -0.05) is 36.4 Å². The molecule has 8 aromatic rings. The Morgan fingerprint density at radius 1 is 0.633 bits per heavy atom. The molecule has 8 rings (SSSR count). The van der Waals surface area contributed by atoms with E-state index in [1.54, 1.807) is 84.9 Å². The Morgan fingerprint density at radius 3 is 1.98 bits per heavy atom. The average Bonchev–Trinajstić information content (AvgIpc) is 3.25. The normalized spacial score (nSPS) is 11.9. The summed E-state index contributed by atoms with van der Waals surface area (Å²) in [5, 5.41) is 22.3. The second-order valence-corrected chi connectivity index (χ2v) is 13.3. The number of fused-ring (bicyclic) bond motifs is 2. The number of aromatic nitrogens is 6. The van der Waals surface area contributed by atoms with Gasteiger partial charge in [-0.3, -0.25) is 18.7 Å². The molecule has 3 heterocycles. The highest BCUT2D eigenvalue weighted by Gasteiger charge is 2.30. The van der Waals surface area contributed by atoms with E-state index in [0.29, 0.717) is 22.4 Å². The molecule has 0 saturated heterocycles. The molecular formula is C45H31F3N6O6. The van der Waals surface area contributed by atoms with E-state index in [1.165, 1.54) is 60.2 Å². The zero-order valence-electron chi connectivity index (χ0n) is 31.6. The molecule has 2 N–H and O–H groups in total. The summed E-state index contributed by atoms with van der Waals surface area (Å²) >= 11 is 0. The van der Waals surface area contributed by atoms with Gasteiger partial charge in [0.1, 0.15) is 23.4 Å². The molecule has 15 heteroatoms. The fraction of sp³-hybridized carbons (Fsp3) is 0.0667. The van der Waals surface area contributed by atoms with Crippen molar-refractivity contribution >= 4 is 46.2 Å². The van der Waals surface area contributed by atoms with Gasteiger partial charge in [0.15, 0.2) is 28.6 Å². The van der Waals surface area contributed by atoms with Crippen LogP contribution in [-0.4, -0.2) is 53.5 Å². The van der Waals surface area contributed by atoms with Crippen LogP contribution in [0.3, 0.4) is 0 Å². The van der Waals surface area contributed by atoms with Crippen molar-refractivity contribution in [2.24, 2.45) is 0 Å². The maximum absolute atomic E-state index is 14.4. The maximum atomic E-state index is 14.4. The monoisotopic (exact) mass is 808 g/mol. The van der Waals surface area contributed by atoms with E-state index in [2.05, 4.69) is 15.0 Å². The highest BCUT2D eigenvalue weighted by Crippen LogP contribution is 2.38. The third-order valence-corrected chi connectivity index (χ3v) is 9.67. The predicted molar refractivity (Wildman–Crippen MR) is 221 cm³/mol. The topological polar surface area (TPSA) is 154 Å². The first-order valence-corrected chi connectivity index (χ1v) is 18.1. The van der Waals surface area contributed by atoms with E-state index >= 15 is 0 Å². The van der Waals surface area contributed by atoms with Gasteiger partial charge in [0, 0.05) is 17.3 Å². The number of para-hydroxylation sites is 2. The molecule has 0 bridgehead atoms. The highest BCUT2D eigenvalue weighted by molar-refractivity contribution is 5.87. The number of benzene rings is 5. The van der Waals surface area contributed by atoms with Crippen LogP contribution in [0.2, 0.25) is 0 Å². The van der Waals surface area contributed by atoms with Crippen LogP contribution in [0.15, 0.2) is 125 Å². The third-order valence-electron chi connectivity index (χ3n) is 9.67. The van der Waals surface area contributed by atoms with Crippen molar-refractivity contribution in [1.82, 2.24) is 29.1 Å². The summed E-state index contributed by atoms with van der Waals surface area (Å²) in [5.74, 6) is 0.246. The lowest BCUT2D eigenvalue weighted by molar-refractivity contribution is -0.137. The quantitative estimate of drug-likeness (QED) is 0.146.